The predicted octanol–water partition coefficient (Wildman–Crippen LogP) is -7.93. The molecule has 2 atom stereocenters. The molecule has 12 nitrogen and oxygen atoms in total. The molecular weight excluding hydrogens is 491 g/mol. The molecule has 0 aliphatic heterocycles. The van der Waals surface area contributed by atoms with Crippen LogP contribution in [0.15, 0.2) is 0 Å². The average molecular weight is 501 g/mol. The maximum atomic E-state index is 9.84. The minimum Gasteiger partial charge on any atom is -0.550 e. The number of hydrogen-bond donors (Lipinski definition) is 4. The molecule has 0 heterocycles. The van der Waals surface area contributed by atoms with Gasteiger partial charge in [-0.05, 0) is 0 Å². The van der Waals surface area contributed by atoms with Crippen molar-refractivity contribution in [3.05, 3.63) is 0 Å². The fourth-order valence-corrected chi connectivity index (χ4v) is 0.697. The van der Waals surface area contributed by atoms with Gasteiger partial charge in [0.1, 0.15) is 0 Å². The Kier molecular flexibility index (Phi) is 16.0. The van der Waals surface area contributed by atoms with Crippen LogP contribution in [0.5, 0.6) is 0 Å². The molecule has 21 heavy (non-hydrogen) atoms. The molecule has 0 aromatic heterocycles. The minimum atomic E-state index is -1.69. The summed E-state index contributed by atoms with van der Waals surface area (Å²) < 4.78 is 0. The number of carbonyl (C=O) groups is 4. The quantitative estimate of drug-likeness (QED) is 0.180. The van der Waals surface area contributed by atoms with Crippen molar-refractivity contribution < 1.29 is 50.0 Å². The van der Waals surface area contributed by atoms with Gasteiger partial charge in [0.2, 0.25) is 0 Å². The van der Waals surface area contributed by atoms with Crippen molar-refractivity contribution in [1.29, 1.82) is 0 Å². The molecule has 0 rings (SSSR count). The average Bonchev–Trinajstić information content (AvgIpc) is 2.32. The fraction of sp³-hybridized carbons (Fsp3) is 0.500. The normalized spacial score (nSPS) is 11.9. The first-order valence-electron chi connectivity index (χ1n) is 4.76. The second-order valence-electron chi connectivity index (χ2n) is 3.15. The summed E-state index contributed by atoms with van der Waals surface area (Å²) in [5.74, 6) is -6.52. The van der Waals surface area contributed by atoms with Crippen LogP contribution in [0.4, 0.5) is 0 Å². The van der Waals surface area contributed by atoms with Crippen molar-refractivity contribution in [2.24, 2.45) is 0 Å². The number of carboxylic acids is 4. The van der Waals surface area contributed by atoms with Crippen molar-refractivity contribution in [1.82, 2.24) is 11.0 Å². The zero-order valence-corrected chi connectivity index (χ0v) is 14.1. The maximum Gasteiger partial charge on any atom is 4.00 e. The molecule has 116 valence electrons. The Labute approximate surface area is 137 Å². The number of aliphatic carboxylic acids is 4. The fourth-order valence-electron chi connectivity index (χ4n) is 0.697. The molecule has 0 amide bonds. The number of hydrogen-bond acceptors (Lipinski definition) is 12. The van der Waals surface area contributed by atoms with Crippen molar-refractivity contribution in [2.45, 2.75) is 24.9 Å². The van der Waals surface area contributed by atoms with Crippen molar-refractivity contribution >= 4 is 51.2 Å². The van der Waals surface area contributed by atoms with Gasteiger partial charge in [-0.25, -0.2) is 0 Å². The van der Waals surface area contributed by atoms with Crippen LogP contribution in [-0.4, -0.2) is 73.7 Å². The van der Waals surface area contributed by atoms with Gasteiger partial charge < -0.3 is 50.0 Å². The zero-order valence-electron chi connectivity index (χ0n) is 10.2. The summed E-state index contributed by atoms with van der Waals surface area (Å²) in [6.07, 6.45) is -1.64. The molecule has 13 heteroatoms. The first kappa shape index (κ1) is 24.6. The summed E-state index contributed by atoms with van der Waals surface area (Å²) in [6.45, 7) is 0. The smallest absolute Gasteiger partial charge is 0.550 e. The molecule has 0 fully saturated rings. The molecule has 0 saturated heterocycles. The molecule has 4 N–H and O–H groups in total. The zero-order chi connectivity index (χ0) is 16.3. The number of rotatable bonds is 8. The molecule has 0 aromatic rings. The molecule has 2 unspecified atom stereocenters. The van der Waals surface area contributed by atoms with E-state index in [4.69, 9.17) is 10.4 Å². The Hall–Kier alpha value is -1.36. The van der Waals surface area contributed by atoms with E-state index < -0.39 is 48.8 Å². The summed E-state index contributed by atoms with van der Waals surface area (Å²) >= 11 is 0. The summed E-state index contributed by atoms with van der Waals surface area (Å²) in [4.78, 5) is 39.1. The second-order valence-corrected chi connectivity index (χ2v) is 3.15. The standard InChI is InChI=1S/2C4H7NO5.Pb/c2*6-3(7)1-2(5-10)4(8)9;/h2*2,5,10H,1H2,(H,6,7)(H,8,9);/q;;+4/p-4. The van der Waals surface area contributed by atoms with Gasteiger partial charge in [-0.1, -0.05) is 0 Å². The van der Waals surface area contributed by atoms with Crippen LogP contribution in [0, 0.1) is 0 Å². The molecule has 0 saturated carbocycles. The van der Waals surface area contributed by atoms with Gasteiger partial charge in [0, 0.05) is 24.8 Å². The van der Waals surface area contributed by atoms with Crippen molar-refractivity contribution in [3.63, 3.8) is 0 Å². The van der Waals surface area contributed by atoms with Crippen LogP contribution >= 0.6 is 0 Å². The van der Waals surface area contributed by atoms with Gasteiger partial charge >= 0.3 is 27.3 Å². The van der Waals surface area contributed by atoms with Gasteiger partial charge in [0.15, 0.2) is 0 Å². The van der Waals surface area contributed by atoms with Gasteiger partial charge in [0.25, 0.3) is 0 Å². The van der Waals surface area contributed by atoms with Crippen molar-refractivity contribution in [3.8, 4) is 0 Å². The Balaban J connectivity index is -0.000000295. The maximum absolute atomic E-state index is 9.84. The first-order chi connectivity index (χ1) is 9.15. The monoisotopic (exact) mass is 502 g/mol. The van der Waals surface area contributed by atoms with E-state index >= 15 is 0 Å². The molecule has 0 radical (unpaired) electrons. The van der Waals surface area contributed by atoms with E-state index in [0.717, 1.165) is 0 Å². The Morgan fingerprint density at radius 1 is 0.762 bits per heavy atom. The van der Waals surface area contributed by atoms with E-state index in [2.05, 4.69) is 0 Å². The molecule has 0 aromatic carbocycles. The van der Waals surface area contributed by atoms with Crippen LogP contribution < -0.4 is 31.4 Å². The van der Waals surface area contributed by atoms with E-state index in [1.54, 1.807) is 0 Å². The van der Waals surface area contributed by atoms with Crippen LogP contribution in [0.1, 0.15) is 12.8 Å². The van der Waals surface area contributed by atoms with Crippen LogP contribution in [-0.2, 0) is 19.2 Å². The number of nitrogens with one attached hydrogen (secondary N) is 2. The third-order valence-corrected chi connectivity index (χ3v) is 1.62. The van der Waals surface area contributed by atoms with Gasteiger partial charge in [0.05, 0.1) is 24.0 Å². The van der Waals surface area contributed by atoms with E-state index in [1.807, 2.05) is 0 Å². The minimum absolute atomic E-state index is 0. The van der Waals surface area contributed by atoms with E-state index in [9.17, 15) is 39.6 Å². The Morgan fingerprint density at radius 3 is 1.05 bits per heavy atom. The number of carbonyl (C=O) groups excluding carboxylic acids is 4. The number of hydroxylamine groups is 2. The van der Waals surface area contributed by atoms with Gasteiger partial charge in [-0.3, -0.25) is 0 Å². The van der Waals surface area contributed by atoms with Gasteiger partial charge in [-0.15, -0.1) is 0 Å². The molecule has 0 spiro atoms. The van der Waals surface area contributed by atoms with Gasteiger partial charge in [-0.2, -0.15) is 11.0 Å². The molecule has 0 aliphatic carbocycles. The van der Waals surface area contributed by atoms with Crippen LogP contribution in [0.2, 0.25) is 0 Å². The largest absolute Gasteiger partial charge is 4.00 e. The number of carboxylic acid groups (broad SMARTS) is 4. The third kappa shape index (κ3) is 14.9. The summed E-state index contributed by atoms with van der Waals surface area (Å²) in [7, 11) is 0. The summed E-state index contributed by atoms with van der Waals surface area (Å²) in [5.41, 5.74) is 2.50. The molecular formula is C8H10N2O10Pb. The third-order valence-electron chi connectivity index (χ3n) is 1.62. The van der Waals surface area contributed by atoms with Crippen LogP contribution in [0.3, 0.4) is 0 Å². The SMILES string of the molecule is O=C([O-])CC(NO)C(=O)[O-].O=C([O-])CC(NO)C(=O)[O-].[Pb+4]. The van der Waals surface area contributed by atoms with Crippen molar-refractivity contribution in [2.75, 3.05) is 0 Å². The van der Waals surface area contributed by atoms with Crippen LogP contribution in [0.25, 0.3) is 0 Å². The van der Waals surface area contributed by atoms with E-state index in [-0.39, 0.29) is 27.3 Å². The molecule has 0 bridgehead atoms. The Bertz CT molecular complexity index is 329. The summed E-state index contributed by atoms with van der Waals surface area (Å²) in [6, 6.07) is -3.21. The second kappa shape index (κ2) is 13.6. The topological polar surface area (TPSA) is 225 Å². The summed E-state index contributed by atoms with van der Waals surface area (Å²) in [5, 5.41) is 55.1. The van der Waals surface area contributed by atoms with E-state index in [1.165, 1.54) is 11.0 Å². The Morgan fingerprint density at radius 2 is 1.00 bits per heavy atom. The predicted molar refractivity (Wildman–Crippen MR) is 52.4 cm³/mol. The van der Waals surface area contributed by atoms with E-state index in [0.29, 0.717) is 0 Å². The molecule has 0 aliphatic rings. The first-order valence-corrected chi connectivity index (χ1v) is 4.76.